The van der Waals surface area contributed by atoms with Crippen LogP contribution in [-0.2, 0) is 14.3 Å². The van der Waals surface area contributed by atoms with Crippen LogP contribution < -0.4 is 19.5 Å². The molecule has 5 rings (SSSR count). The number of phenols is 1. The van der Waals surface area contributed by atoms with Crippen molar-refractivity contribution in [3.63, 3.8) is 0 Å². The fourth-order valence-electron chi connectivity index (χ4n) is 6.09. The number of benzene rings is 2. The summed E-state index contributed by atoms with van der Waals surface area (Å²) in [7, 11) is 4.66. The Morgan fingerprint density at radius 2 is 1.56 bits per heavy atom. The first-order valence-corrected chi connectivity index (χ1v) is 13.4. The number of phenolic OH excluding ortho intramolecular Hbond substituents is 1. The van der Waals surface area contributed by atoms with Crippen LogP contribution >= 0.6 is 0 Å². The Morgan fingerprint density at radius 1 is 0.897 bits per heavy atom. The molecule has 0 bridgehead atoms. The van der Waals surface area contributed by atoms with Crippen molar-refractivity contribution in [3.05, 3.63) is 70.1 Å². The predicted octanol–water partition coefficient (Wildman–Crippen LogP) is 5.27. The van der Waals surface area contributed by atoms with E-state index in [1.165, 1.54) is 7.11 Å². The fraction of sp³-hybridized carbons (Fsp3) is 0.419. The van der Waals surface area contributed by atoms with E-state index >= 15 is 0 Å². The maximum absolute atomic E-state index is 13.9. The molecule has 0 amide bonds. The number of dihydropyridines is 1. The molecule has 2 aromatic carbocycles. The lowest BCUT2D eigenvalue weighted by atomic mass is 9.71. The van der Waals surface area contributed by atoms with Gasteiger partial charge >= 0.3 is 5.97 Å². The molecular weight excluding hydrogens is 498 g/mol. The maximum Gasteiger partial charge on any atom is 0.337 e. The van der Waals surface area contributed by atoms with Crippen LogP contribution in [0, 0.1) is 0 Å². The molecule has 0 unspecified atom stereocenters. The first kappa shape index (κ1) is 26.7. The predicted molar refractivity (Wildman–Crippen MR) is 145 cm³/mol. The number of hydrogen-bond donors (Lipinski definition) is 2. The zero-order valence-electron chi connectivity index (χ0n) is 22.8. The van der Waals surface area contributed by atoms with E-state index in [1.54, 1.807) is 32.4 Å². The van der Waals surface area contributed by atoms with Crippen LogP contribution in [0.1, 0.15) is 68.4 Å². The first-order valence-electron chi connectivity index (χ1n) is 13.4. The molecule has 1 saturated carbocycles. The van der Waals surface area contributed by atoms with Gasteiger partial charge in [0.25, 0.3) is 0 Å². The van der Waals surface area contributed by atoms with Crippen molar-refractivity contribution < 1.29 is 33.6 Å². The molecule has 2 N–H and O–H groups in total. The van der Waals surface area contributed by atoms with Crippen LogP contribution in [0.15, 0.2) is 58.9 Å². The molecule has 0 aromatic heterocycles. The van der Waals surface area contributed by atoms with Gasteiger partial charge in [-0.3, -0.25) is 4.79 Å². The van der Waals surface area contributed by atoms with E-state index < -0.39 is 11.9 Å². The van der Waals surface area contributed by atoms with E-state index in [9.17, 15) is 14.7 Å². The van der Waals surface area contributed by atoms with E-state index in [0.717, 1.165) is 36.9 Å². The molecule has 1 heterocycles. The summed E-state index contributed by atoms with van der Waals surface area (Å²) in [6.07, 6.45) is 4.51. The van der Waals surface area contributed by atoms with Gasteiger partial charge < -0.3 is 29.4 Å². The summed E-state index contributed by atoms with van der Waals surface area (Å²) in [6.45, 7) is 1.84. The molecule has 8 heteroatoms. The van der Waals surface area contributed by atoms with Crippen molar-refractivity contribution >= 4 is 11.8 Å². The zero-order valence-corrected chi connectivity index (χ0v) is 22.8. The quantitative estimate of drug-likeness (QED) is 0.465. The number of rotatable bonds is 7. The molecule has 1 fully saturated rings. The number of ether oxygens (including phenoxy) is 4. The van der Waals surface area contributed by atoms with E-state index in [-0.39, 0.29) is 30.0 Å². The highest BCUT2D eigenvalue weighted by atomic mass is 16.5. The highest BCUT2D eigenvalue weighted by Crippen LogP contribution is 2.47. The minimum atomic E-state index is -0.661. The summed E-state index contributed by atoms with van der Waals surface area (Å²) < 4.78 is 22.0. The number of ketones is 1. The van der Waals surface area contributed by atoms with Crippen LogP contribution in [0.25, 0.3) is 0 Å². The van der Waals surface area contributed by atoms with Crippen LogP contribution in [0.4, 0.5) is 0 Å². The fourth-order valence-corrected chi connectivity index (χ4v) is 6.09. The molecule has 0 radical (unpaired) electrons. The van der Waals surface area contributed by atoms with Gasteiger partial charge in [0.05, 0.1) is 26.9 Å². The van der Waals surface area contributed by atoms with Gasteiger partial charge in [0.15, 0.2) is 28.8 Å². The lowest BCUT2D eigenvalue weighted by Crippen LogP contribution is -2.36. The summed E-state index contributed by atoms with van der Waals surface area (Å²) in [4.78, 5) is 27.5. The van der Waals surface area contributed by atoms with Gasteiger partial charge in [-0.05, 0) is 80.3 Å². The highest BCUT2D eigenvalue weighted by Gasteiger charge is 2.42. The number of Topliss-reactive ketones (excluding diaryl/α,β-unsaturated/α-hetero) is 1. The SMILES string of the molecule is COc1ccc([C@H]2C(C(=O)OC3CCCC3)=C(C)NC3=C2C(=O)C[C@@H](c2ccc(OC)c(OC)c2)C3)cc1O. The number of hydrogen-bond acceptors (Lipinski definition) is 8. The summed E-state index contributed by atoms with van der Waals surface area (Å²) in [6, 6.07) is 10.7. The van der Waals surface area contributed by atoms with Gasteiger partial charge in [0, 0.05) is 29.3 Å². The number of carbonyl (C=O) groups is 2. The maximum atomic E-state index is 13.9. The molecule has 2 atom stereocenters. The summed E-state index contributed by atoms with van der Waals surface area (Å²) in [5, 5.41) is 14.0. The van der Waals surface area contributed by atoms with E-state index in [2.05, 4.69) is 5.32 Å². The van der Waals surface area contributed by atoms with Crippen LogP contribution in [0.2, 0.25) is 0 Å². The highest BCUT2D eigenvalue weighted by molar-refractivity contribution is 6.04. The minimum absolute atomic E-state index is 0.0525. The van der Waals surface area contributed by atoms with E-state index in [0.29, 0.717) is 46.1 Å². The Morgan fingerprint density at radius 3 is 2.23 bits per heavy atom. The van der Waals surface area contributed by atoms with Crippen molar-refractivity contribution in [2.75, 3.05) is 21.3 Å². The van der Waals surface area contributed by atoms with E-state index in [4.69, 9.17) is 18.9 Å². The Hall–Kier alpha value is -3.94. The summed E-state index contributed by atoms with van der Waals surface area (Å²) in [5.41, 5.74) is 3.99. The minimum Gasteiger partial charge on any atom is -0.504 e. The Kier molecular flexibility index (Phi) is 7.55. The van der Waals surface area contributed by atoms with Crippen LogP contribution in [0.5, 0.6) is 23.0 Å². The number of allylic oxidation sites excluding steroid dienone is 3. The van der Waals surface area contributed by atoms with Crippen LogP contribution in [0.3, 0.4) is 0 Å². The molecule has 2 aromatic rings. The van der Waals surface area contributed by atoms with Crippen molar-refractivity contribution in [3.8, 4) is 23.0 Å². The van der Waals surface area contributed by atoms with Gasteiger partial charge in [-0.2, -0.15) is 0 Å². The van der Waals surface area contributed by atoms with Gasteiger partial charge in [-0.1, -0.05) is 12.1 Å². The molecule has 3 aliphatic rings. The number of carbonyl (C=O) groups excluding carboxylic acids is 2. The Labute approximate surface area is 228 Å². The molecular formula is C31H35NO7. The van der Waals surface area contributed by atoms with Crippen molar-refractivity contribution in [2.45, 2.75) is 63.4 Å². The van der Waals surface area contributed by atoms with Crippen molar-refractivity contribution in [1.82, 2.24) is 5.32 Å². The third-order valence-corrected chi connectivity index (χ3v) is 8.04. The average Bonchev–Trinajstić information content (AvgIpc) is 3.44. The lowest BCUT2D eigenvalue weighted by Gasteiger charge is -2.37. The normalized spacial score (nSPS) is 21.4. The second-order valence-corrected chi connectivity index (χ2v) is 10.4. The molecule has 0 saturated heterocycles. The average molecular weight is 534 g/mol. The molecule has 1 aliphatic heterocycles. The summed E-state index contributed by atoms with van der Waals surface area (Å²) >= 11 is 0. The Bertz CT molecular complexity index is 1350. The van der Waals surface area contributed by atoms with E-state index in [1.807, 2.05) is 25.1 Å². The lowest BCUT2D eigenvalue weighted by molar-refractivity contribution is -0.144. The Balaban J connectivity index is 1.55. The number of methoxy groups -OCH3 is 3. The van der Waals surface area contributed by atoms with Crippen molar-refractivity contribution in [1.29, 1.82) is 0 Å². The molecule has 2 aliphatic carbocycles. The van der Waals surface area contributed by atoms with Gasteiger partial charge in [0.1, 0.15) is 6.10 Å². The molecule has 0 spiro atoms. The van der Waals surface area contributed by atoms with Crippen LogP contribution in [-0.4, -0.2) is 44.3 Å². The van der Waals surface area contributed by atoms with Gasteiger partial charge in [-0.15, -0.1) is 0 Å². The number of nitrogens with one attached hydrogen (secondary N) is 1. The molecule has 39 heavy (non-hydrogen) atoms. The summed E-state index contributed by atoms with van der Waals surface area (Å²) in [5.74, 6) is 0.292. The third-order valence-electron chi connectivity index (χ3n) is 8.04. The first-order chi connectivity index (χ1) is 18.8. The standard InChI is InChI=1S/C31H35NO7/c1-17-28(31(35)39-21-7-5-6-8-21)29(19-10-11-25(36-2)23(33)14-19)30-22(32-17)13-20(15-24(30)34)18-9-12-26(37-3)27(16-18)38-4/h9-12,14,16,20-21,29,32-33H,5-8,13,15H2,1-4H3/t20-,29-/m0/s1. The number of aromatic hydroxyl groups is 1. The largest absolute Gasteiger partial charge is 0.504 e. The number of esters is 1. The smallest absolute Gasteiger partial charge is 0.337 e. The monoisotopic (exact) mass is 533 g/mol. The van der Waals surface area contributed by atoms with Crippen molar-refractivity contribution in [2.24, 2.45) is 0 Å². The topological polar surface area (TPSA) is 103 Å². The van der Waals surface area contributed by atoms with Gasteiger partial charge in [-0.25, -0.2) is 4.79 Å². The second kappa shape index (κ2) is 11.0. The second-order valence-electron chi connectivity index (χ2n) is 10.4. The van der Waals surface area contributed by atoms with Gasteiger partial charge in [0.2, 0.25) is 0 Å². The third kappa shape index (κ3) is 5.07. The zero-order chi connectivity index (χ0) is 27.7. The molecule has 206 valence electrons. The molecule has 8 nitrogen and oxygen atoms in total.